The van der Waals surface area contributed by atoms with Crippen LogP contribution in [0.25, 0.3) is 11.1 Å². The zero-order valence-electron chi connectivity index (χ0n) is 16.5. The van der Waals surface area contributed by atoms with Gasteiger partial charge in [0.15, 0.2) is 5.58 Å². The first-order valence-corrected chi connectivity index (χ1v) is 11.9. The average molecular weight is 444 g/mol. The molecule has 0 aliphatic rings. The molecule has 1 N–H and O–H groups in total. The second-order valence-electron chi connectivity index (χ2n) is 7.01. The fourth-order valence-electron chi connectivity index (χ4n) is 3.31. The number of aromatic nitrogens is 2. The van der Waals surface area contributed by atoms with Crippen LogP contribution in [-0.2, 0) is 23.0 Å². The number of nitrogens with zero attached hydrogens (tertiary/aromatic N) is 2. The topological polar surface area (TPSA) is 94.2 Å². The Bertz CT molecular complexity index is 1320. The van der Waals surface area contributed by atoms with Gasteiger partial charge in [-0.1, -0.05) is 6.07 Å². The van der Waals surface area contributed by atoms with E-state index in [0.717, 1.165) is 11.1 Å². The van der Waals surface area contributed by atoms with Crippen LogP contribution in [-0.4, -0.2) is 18.0 Å². The van der Waals surface area contributed by atoms with E-state index in [9.17, 15) is 13.2 Å². The van der Waals surface area contributed by atoms with Crippen molar-refractivity contribution in [3.05, 3.63) is 80.7 Å². The Balaban J connectivity index is 1.69. The molecular weight excluding hydrogens is 422 g/mol. The van der Waals surface area contributed by atoms with E-state index in [-0.39, 0.29) is 10.5 Å². The van der Waals surface area contributed by atoms with E-state index in [4.69, 9.17) is 4.42 Å². The predicted octanol–water partition coefficient (Wildman–Crippen LogP) is 3.64. The van der Waals surface area contributed by atoms with Gasteiger partial charge < -0.3 is 4.42 Å². The minimum absolute atomic E-state index is 0.0365. The number of aryl methyl sites for hydroxylation is 2. The normalized spacial score (nSPS) is 13.0. The number of oxazole rings is 1. The molecule has 1 unspecified atom stereocenters. The van der Waals surface area contributed by atoms with Crippen molar-refractivity contribution in [2.24, 2.45) is 0 Å². The maximum absolute atomic E-state index is 13.2. The van der Waals surface area contributed by atoms with E-state index in [1.54, 1.807) is 23.6 Å². The van der Waals surface area contributed by atoms with Gasteiger partial charge in [-0.3, -0.25) is 9.55 Å². The van der Waals surface area contributed by atoms with Crippen molar-refractivity contribution in [1.82, 2.24) is 14.3 Å². The number of sulfonamides is 1. The summed E-state index contributed by atoms with van der Waals surface area (Å²) in [4.78, 5) is 16.4. The van der Waals surface area contributed by atoms with Gasteiger partial charge in [-0.05, 0) is 66.4 Å². The number of hydrogen-bond donors (Lipinski definition) is 1. The van der Waals surface area contributed by atoms with Crippen molar-refractivity contribution in [3.8, 4) is 0 Å². The fraction of sp³-hybridized carbons (Fsp3) is 0.238. The summed E-state index contributed by atoms with van der Waals surface area (Å²) in [7, 11) is -3.88. The molecule has 0 aliphatic carbocycles. The highest BCUT2D eigenvalue weighted by molar-refractivity contribution is 7.89. The van der Waals surface area contributed by atoms with Crippen LogP contribution in [0.3, 0.4) is 0 Å². The third-order valence-electron chi connectivity index (χ3n) is 4.87. The van der Waals surface area contributed by atoms with Crippen LogP contribution in [0, 0.1) is 6.92 Å². The number of nitrogens with one attached hydrogen (secondary N) is 1. The maximum Gasteiger partial charge on any atom is 0.419 e. The molecule has 1 atom stereocenters. The lowest BCUT2D eigenvalue weighted by atomic mass is 10.1. The van der Waals surface area contributed by atoms with Gasteiger partial charge in [0.2, 0.25) is 10.0 Å². The monoisotopic (exact) mass is 443 g/mol. The number of pyridine rings is 1. The molecule has 4 aromatic rings. The van der Waals surface area contributed by atoms with Crippen molar-refractivity contribution >= 4 is 32.5 Å². The summed E-state index contributed by atoms with van der Waals surface area (Å²) < 4.78 is 35.7. The smallest absolute Gasteiger partial charge is 0.408 e. The summed E-state index contributed by atoms with van der Waals surface area (Å²) in [5.74, 6) is -0.505. The minimum atomic E-state index is -3.88. The number of thiophene rings is 1. The zero-order chi connectivity index (χ0) is 21.3. The standard InChI is InChI=1S/C21H21N3O4S2/c1-3-24-19-7-5-16(11-20(19)28-21(24)25)30(26,27)23-18(10-15-8-9-29-13-15)17-6-4-14(2)12-22-17/h4-9,11-13,18,23H,3,10H2,1-2H3. The lowest BCUT2D eigenvalue weighted by Gasteiger charge is -2.18. The SMILES string of the molecule is CCn1c(=O)oc2cc(S(=O)(=O)NC(Cc3ccsc3)c3ccc(C)cn3)ccc21. The van der Waals surface area contributed by atoms with Crippen LogP contribution < -0.4 is 10.5 Å². The Kier molecular flexibility index (Phi) is 5.59. The van der Waals surface area contributed by atoms with Gasteiger partial charge in [0.05, 0.1) is 22.1 Å². The molecule has 0 bridgehead atoms. The van der Waals surface area contributed by atoms with Gasteiger partial charge in [0.1, 0.15) is 0 Å². The largest absolute Gasteiger partial charge is 0.419 e. The molecule has 3 heterocycles. The number of rotatable bonds is 7. The molecular formula is C21H21N3O4S2. The van der Waals surface area contributed by atoms with Crippen molar-refractivity contribution in [1.29, 1.82) is 0 Å². The Morgan fingerprint density at radius 2 is 2.07 bits per heavy atom. The molecule has 30 heavy (non-hydrogen) atoms. The minimum Gasteiger partial charge on any atom is -0.408 e. The lowest BCUT2D eigenvalue weighted by molar-refractivity contribution is 0.512. The molecule has 0 aliphatic heterocycles. The van der Waals surface area contributed by atoms with Gasteiger partial charge in [0.25, 0.3) is 0 Å². The summed E-state index contributed by atoms with van der Waals surface area (Å²) in [6, 6.07) is 9.63. The van der Waals surface area contributed by atoms with Gasteiger partial charge in [0, 0.05) is 18.8 Å². The molecule has 4 rings (SSSR count). The van der Waals surface area contributed by atoms with Crippen LogP contribution in [0.5, 0.6) is 0 Å². The maximum atomic E-state index is 13.2. The molecule has 0 radical (unpaired) electrons. The number of fused-ring (bicyclic) bond motifs is 1. The number of hydrogen-bond acceptors (Lipinski definition) is 6. The molecule has 0 spiro atoms. The predicted molar refractivity (Wildman–Crippen MR) is 116 cm³/mol. The Labute approximate surface area is 178 Å². The van der Waals surface area contributed by atoms with Crippen molar-refractivity contribution in [3.63, 3.8) is 0 Å². The summed E-state index contributed by atoms with van der Waals surface area (Å²) >= 11 is 1.56. The first-order chi connectivity index (χ1) is 14.4. The van der Waals surface area contributed by atoms with Gasteiger partial charge >= 0.3 is 5.76 Å². The summed E-state index contributed by atoms with van der Waals surface area (Å²) in [6.45, 7) is 4.20. The van der Waals surface area contributed by atoms with Crippen LogP contribution in [0.15, 0.2) is 67.5 Å². The molecule has 9 heteroatoms. The van der Waals surface area contributed by atoms with Crippen LogP contribution >= 0.6 is 11.3 Å². The third-order valence-corrected chi connectivity index (χ3v) is 7.08. The highest BCUT2D eigenvalue weighted by atomic mass is 32.2. The van der Waals surface area contributed by atoms with E-state index >= 15 is 0 Å². The highest BCUT2D eigenvalue weighted by Gasteiger charge is 2.24. The first kappa shape index (κ1) is 20.5. The fourth-order valence-corrected chi connectivity index (χ4v) is 5.21. The molecule has 3 aromatic heterocycles. The molecule has 0 saturated carbocycles. The van der Waals surface area contributed by atoms with Gasteiger partial charge in [-0.2, -0.15) is 11.3 Å². The molecule has 0 fully saturated rings. The zero-order valence-corrected chi connectivity index (χ0v) is 18.2. The van der Waals surface area contributed by atoms with E-state index in [2.05, 4.69) is 9.71 Å². The van der Waals surface area contributed by atoms with Gasteiger partial charge in [-0.15, -0.1) is 0 Å². The van der Waals surface area contributed by atoms with E-state index < -0.39 is 21.8 Å². The van der Waals surface area contributed by atoms with E-state index in [0.29, 0.717) is 24.2 Å². The highest BCUT2D eigenvalue weighted by Crippen LogP contribution is 2.24. The van der Waals surface area contributed by atoms with Crippen molar-refractivity contribution < 1.29 is 12.8 Å². The third kappa shape index (κ3) is 4.09. The average Bonchev–Trinajstić information content (AvgIpc) is 3.33. The number of benzene rings is 1. The van der Waals surface area contributed by atoms with Crippen molar-refractivity contribution in [2.75, 3.05) is 0 Å². The second-order valence-corrected chi connectivity index (χ2v) is 9.51. The second kappa shape index (κ2) is 8.17. The molecule has 0 saturated heterocycles. The summed E-state index contributed by atoms with van der Waals surface area (Å²) in [5.41, 5.74) is 3.47. The molecule has 7 nitrogen and oxygen atoms in total. The van der Waals surface area contributed by atoms with Crippen molar-refractivity contribution in [2.45, 2.75) is 37.8 Å². The Morgan fingerprint density at radius 1 is 1.23 bits per heavy atom. The summed E-state index contributed by atoms with van der Waals surface area (Å²) in [5, 5.41) is 3.95. The van der Waals surface area contributed by atoms with Crippen LogP contribution in [0.1, 0.15) is 29.8 Å². The molecule has 1 aromatic carbocycles. The summed E-state index contributed by atoms with van der Waals surface area (Å²) in [6.07, 6.45) is 2.20. The molecule has 156 valence electrons. The van der Waals surface area contributed by atoms with Crippen LogP contribution in [0.4, 0.5) is 0 Å². The first-order valence-electron chi connectivity index (χ1n) is 9.46. The Morgan fingerprint density at radius 3 is 2.73 bits per heavy atom. The van der Waals surface area contributed by atoms with Gasteiger partial charge in [-0.25, -0.2) is 17.9 Å². The quantitative estimate of drug-likeness (QED) is 0.471. The molecule has 0 amide bonds. The van der Waals surface area contributed by atoms with E-state index in [1.165, 1.54) is 16.7 Å². The lowest BCUT2D eigenvalue weighted by Crippen LogP contribution is -2.30. The Hall–Kier alpha value is -2.75. The van der Waals surface area contributed by atoms with Crippen LogP contribution in [0.2, 0.25) is 0 Å². The van der Waals surface area contributed by atoms with E-state index in [1.807, 2.05) is 42.8 Å².